The van der Waals surface area contributed by atoms with Crippen molar-refractivity contribution >= 4 is 11.8 Å². The van der Waals surface area contributed by atoms with Crippen molar-refractivity contribution in [3.63, 3.8) is 0 Å². The van der Waals surface area contributed by atoms with E-state index in [-0.39, 0.29) is 31.5 Å². The standard InChI is InChI=1S/C20H19FN2O4/c1-2-19(24)22-10-13-7-8-14(15(21)9-13)11-23-20(25)18-12-26-16-5-3-4-6-17(16)27-18/h2-9,18H,1,10-12H2,(H,22,24)(H,23,25). The summed E-state index contributed by atoms with van der Waals surface area (Å²) in [4.78, 5) is 23.4. The van der Waals surface area contributed by atoms with Crippen LogP contribution in [0.4, 0.5) is 4.39 Å². The second kappa shape index (κ2) is 8.35. The van der Waals surface area contributed by atoms with Gasteiger partial charge in [0, 0.05) is 18.7 Å². The van der Waals surface area contributed by atoms with E-state index in [0.29, 0.717) is 22.6 Å². The molecule has 0 saturated heterocycles. The fourth-order valence-electron chi connectivity index (χ4n) is 2.55. The first-order valence-corrected chi connectivity index (χ1v) is 8.40. The molecular weight excluding hydrogens is 351 g/mol. The number of fused-ring (bicyclic) bond motifs is 1. The van der Waals surface area contributed by atoms with Crippen molar-refractivity contribution in [1.82, 2.24) is 10.6 Å². The van der Waals surface area contributed by atoms with Gasteiger partial charge in [-0.25, -0.2) is 4.39 Å². The minimum Gasteiger partial charge on any atom is -0.485 e. The number of nitrogens with one attached hydrogen (secondary N) is 2. The number of carbonyl (C=O) groups excluding carboxylic acids is 2. The molecule has 1 heterocycles. The summed E-state index contributed by atoms with van der Waals surface area (Å²) in [5, 5.41) is 5.23. The van der Waals surface area contributed by atoms with E-state index in [2.05, 4.69) is 17.2 Å². The fourth-order valence-corrected chi connectivity index (χ4v) is 2.55. The van der Waals surface area contributed by atoms with E-state index in [9.17, 15) is 14.0 Å². The lowest BCUT2D eigenvalue weighted by Crippen LogP contribution is -2.43. The summed E-state index contributed by atoms with van der Waals surface area (Å²) in [7, 11) is 0. The maximum atomic E-state index is 14.2. The Morgan fingerprint density at radius 2 is 1.93 bits per heavy atom. The Labute approximate surface area is 156 Å². The van der Waals surface area contributed by atoms with Gasteiger partial charge < -0.3 is 20.1 Å². The maximum absolute atomic E-state index is 14.2. The maximum Gasteiger partial charge on any atom is 0.264 e. The Balaban J connectivity index is 1.54. The van der Waals surface area contributed by atoms with Gasteiger partial charge in [-0.1, -0.05) is 30.8 Å². The number of amides is 2. The lowest BCUT2D eigenvalue weighted by atomic mass is 10.1. The van der Waals surface area contributed by atoms with Crippen molar-refractivity contribution in [1.29, 1.82) is 0 Å². The zero-order chi connectivity index (χ0) is 19.2. The highest BCUT2D eigenvalue weighted by molar-refractivity contribution is 5.86. The zero-order valence-electron chi connectivity index (χ0n) is 14.5. The number of halogens is 1. The molecule has 0 aromatic heterocycles. The van der Waals surface area contributed by atoms with Crippen LogP contribution in [-0.2, 0) is 22.7 Å². The molecular formula is C20H19FN2O4. The number of ether oxygens (including phenoxy) is 2. The van der Waals surface area contributed by atoms with Crippen LogP contribution in [0.5, 0.6) is 11.5 Å². The number of carbonyl (C=O) groups is 2. The van der Waals surface area contributed by atoms with Gasteiger partial charge in [0.1, 0.15) is 12.4 Å². The molecule has 7 heteroatoms. The quantitative estimate of drug-likeness (QED) is 0.764. The van der Waals surface area contributed by atoms with E-state index in [1.807, 2.05) is 6.07 Å². The van der Waals surface area contributed by atoms with Crippen molar-refractivity contribution in [2.24, 2.45) is 0 Å². The van der Waals surface area contributed by atoms with Crippen LogP contribution in [0.15, 0.2) is 55.1 Å². The molecule has 3 rings (SSSR count). The Hall–Kier alpha value is -3.35. The van der Waals surface area contributed by atoms with Gasteiger partial charge in [-0.05, 0) is 29.8 Å². The average molecular weight is 370 g/mol. The minimum atomic E-state index is -0.795. The Morgan fingerprint density at radius 3 is 2.67 bits per heavy atom. The average Bonchev–Trinajstić information content (AvgIpc) is 2.70. The summed E-state index contributed by atoms with van der Waals surface area (Å²) in [6.45, 7) is 3.66. The predicted molar refractivity (Wildman–Crippen MR) is 96.6 cm³/mol. The van der Waals surface area contributed by atoms with Crippen LogP contribution in [0.3, 0.4) is 0 Å². The van der Waals surface area contributed by atoms with Gasteiger partial charge in [-0.15, -0.1) is 0 Å². The first-order valence-electron chi connectivity index (χ1n) is 8.40. The highest BCUT2D eigenvalue weighted by Gasteiger charge is 2.27. The number of rotatable bonds is 6. The van der Waals surface area contributed by atoms with E-state index < -0.39 is 11.9 Å². The number of hydrogen-bond acceptors (Lipinski definition) is 4. The topological polar surface area (TPSA) is 76.7 Å². The van der Waals surface area contributed by atoms with Gasteiger partial charge in [-0.2, -0.15) is 0 Å². The van der Waals surface area contributed by atoms with Crippen molar-refractivity contribution < 1.29 is 23.5 Å². The molecule has 0 fully saturated rings. The van der Waals surface area contributed by atoms with Gasteiger partial charge in [0.25, 0.3) is 5.91 Å². The van der Waals surface area contributed by atoms with Crippen LogP contribution in [0.25, 0.3) is 0 Å². The Kier molecular flexibility index (Phi) is 5.71. The lowest BCUT2D eigenvalue weighted by molar-refractivity contribution is -0.130. The molecule has 0 spiro atoms. The van der Waals surface area contributed by atoms with E-state index in [0.717, 1.165) is 6.08 Å². The van der Waals surface area contributed by atoms with Crippen molar-refractivity contribution in [2.75, 3.05) is 6.61 Å². The summed E-state index contributed by atoms with van der Waals surface area (Å²) < 4.78 is 25.3. The van der Waals surface area contributed by atoms with Gasteiger partial charge >= 0.3 is 0 Å². The van der Waals surface area contributed by atoms with Crippen LogP contribution in [0, 0.1) is 5.82 Å². The third kappa shape index (κ3) is 4.63. The lowest BCUT2D eigenvalue weighted by Gasteiger charge is -2.25. The highest BCUT2D eigenvalue weighted by atomic mass is 19.1. The molecule has 1 aliphatic rings. The number of para-hydroxylation sites is 2. The molecule has 1 aliphatic heterocycles. The highest BCUT2D eigenvalue weighted by Crippen LogP contribution is 2.30. The number of hydrogen-bond donors (Lipinski definition) is 2. The van der Waals surface area contributed by atoms with E-state index >= 15 is 0 Å². The van der Waals surface area contributed by atoms with Gasteiger partial charge in [0.05, 0.1) is 0 Å². The Bertz CT molecular complexity index is 869. The van der Waals surface area contributed by atoms with Crippen LogP contribution >= 0.6 is 0 Å². The monoisotopic (exact) mass is 370 g/mol. The largest absolute Gasteiger partial charge is 0.485 e. The molecule has 1 unspecified atom stereocenters. The molecule has 6 nitrogen and oxygen atoms in total. The van der Waals surface area contributed by atoms with Gasteiger partial charge in [0.15, 0.2) is 11.5 Å². The van der Waals surface area contributed by atoms with E-state index in [4.69, 9.17) is 9.47 Å². The minimum absolute atomic E-state index is 0.0193. The van der Waals surface area contributed by atoms with Gasteiger partial charge in [0.2, 0.25) is 12.0 Å². The molecule has 140 valence electrons. The number of benzene rings is 2. The molecule has 2 aromatic carbocycles. The van der Waals surface area contributed by atoms with Gasteiger partial charge in [-0.3, -0.25) is 9.59 Å². The second-order valence-corrected chi connectivity index (χ2v) is 5.93. The van der Waals surface area contributed by atoms with E-state index in [1.165, 1.54) is 6.07 Å². The van der Waals surface area contributed by atoms with Crippen LogP contribution in [0.1, 0.15) is 11.1 Å². The van der Waals surface area contributed by atoms with Crippen LogP contribution in [0.2, 0.25) is 0 Å². The van der Waals surface area contributed by atoms with Crippen molar-refractivity contribution in [3.8, 4) is 11.5 Å². The van der Waals surface area contributed by atoms with Crippen LogP contribution < -0.4 is 20.1 Å². The molecule has 2 amide bonds. The molecule has 1 atom stereocenters. The van der Waals surface area contributed by atoms with E-state index in [1.54, 1.807) is 30.3 Å². The molecule has 0 radical (unpaired) electrons. The molecule has 0 bridgehead atoms. The predicted octanol–water partition coefficient (Wildman–Crippen LogP) is 2.08. The molecule has 0 aliphatic carbocycles. The Morgan fingerprint density at radius 1 is 1.15 bits per heavy atom. The molecule has 0 saturated carbocycles. The van der Waals surface area contributed by atoms with Crippen LogP contribution in [-0.4, -0.2) is 24.5 Å². The molecule has 2 aromatic rings. The first-order chi connectivity index (χ1) is 13.1. The fraction of sp³-hybridized carbons (Fsp3) is 0.200. The van der Waals surface area contributed by atoms with Crippen molar-refractivity contribution in [3.05, 3.63) is 72.1 Å². The third-order valence-electron chi connectivity index (χ3n) is 4.02. The van der Waals surface area contributed by atoms with Crippen molar-refractivity contribution in [2.45, 2.75) is 19.2 Å². The summed E-state index contributed by atoms with van der Waals surface area (Å²) in [5.41, 5.74) is 0.942. The summed E-state index contributed by atoms with van der Waals surface area (Å²) >= 11 is 0. The summed E-state index contributed by atoms with van der Waals surface area (Å²) in [5.74, 6) is -0.0891. The normalized spacial score (nSPS) is 14.9. The SMILES string of the molecule is C=CC(=O)NCc1ccc(CNC(=O)C2COc3ccccc3O2)c(F)c1. The first kappa shape index (κ1) is 18.4. The summed E-state index contributed by atoms with van der Waals surface area (Å²) in [6, 6.07) is 11.7. The molecule has 27 heavy (non-hydrogen) atoms. The second-order valence-electron chi connectivity index (χ2n) is 5.93. The zero-order valence-corrected chi connectivity index (χ0v) is 14.5. The summed E-state index contributed by atoms with van der Waals surface area (Å²) in [6.07, 6.45) is 0.353. The smallest absolute Gasteiger partial charge is 0.264 e. The molecule has 2 N–H and O–H groups in total. The third-order valence-corrected chi connectivity index (χ3v) is 4.02.